The highest BCUT2D eigenvalue weighted by Gasteiger charge is 2.34. The molecule has 0 saturated carbocycles. The smallest absolute Gasteiger partial charge is 0.399 e. The van der Waals surface area contributed by atoms with Crippen molar-refractivity contribution in [3.63, 3.8) is 0 Å². The van der Waals surface area contributed by atoms with Gasteiger partial charge < -0.3 is 4.74 Å². The van der Waals surface area contributed by atoms with Crippen molar-refractivity contribution in [2.24, 2.45) is 0 Å². The van der Waals surface area contributed by atoms with E-state index in [2.05, 4.69) is 25.7 Å². The highest BCUT2D eigenvalue weighted by Crippen LogP contribution is 2.29. The lowest BCUT2D eigenvalue weighted by atomic mass is 10.3. The van der Waals surface area contributed by atoms with Crippen LogP contribution in [0.25, 0.3) is 0 Å². The first-order valence-electron chi connectivity index (χ1n) is 3.35. The maximum atomic E-state index is 13.0. The number of pyridine rings is 1. The normalized spacial score (nSPS) is 10.9. The molecule has 0 unspecified atom stereocenters. The van der Waals surface area contributed by atoms with E-state index in [-0.39, 0.29) is 4.60 Å². The van der Waals surface area contributed by atoms with Crippen LogP contribution in [0, 0.1) is 17.1 Å². The fourth-order valence-electron chi connectivity index (χ4n) is 0.762. The van der Waals surface area contributed by atoms with Gasteiger partial charge in [0, 0.05) is 6.07 Å². The Labute approximate surface area is 89.4 Å². The maximum absolute atomic E-state index is 13.0. The second-order valence-corrected chi connectivity index (χ2v) is 3.08. The molecule has 0 aliphatic heterocycles. The number of alkyl halides is 3. The summed E-state index contributed by atoms with van der Waals surface area (Å²) < 4.78 is 51.6. The third-order valence-electron chi connectivity index (χ3n) is 1.22. The summed E-state index contributed by atoms with van der Waals surface area (Å²) in [6.07, 6.45) is -5.07. The van der Waals surface area contributed by atoms with Crippen molar-refractivity contribution in [2.45, 2.75) is 6.36 Å². The summed E-state index contributed by atoms with van der Waals surface area (Å²) in [5, 5.41) is 8.42. The highest BCUT2D eigenvalue weighted by molar-refractivity contribution is 9.10. The number of aromatic nitrogens is 1. The molecule has 0 saturated heterocycles. The van der Waals surface area contributed by atoms with Crippen molar-refractivity contribution in [3.8, 4) is 11.8 Å². The molecule has 0 atom stereocenters. The summed E-state index contributed by atoms with van der Waals surface area (Å²) in [6.45, 7) is 0. The number of nitrogens with zero attached hydrogens (tertiary/aromatic N) is 2. The molecule has 0 N–H and O–H groups in total. The molecule has 0 spiro atoms. The molecule has 1 aromatic rings. The Morgan fingerprint density at radius 1 is 1.47 bits per heavy atom. The highest BCUT2D eigenvalue weighted by atomic mass is 79.9. The van der Waals surface area contributed by atoms with E-state index in [0.717, 1.165) is 0 Å². The zero-order valence-electron chi connectivity index (χ0n) is 6.77. The lowest BCUT2D eigenvalue weighted by Crippen LogP contribution is -2.19. The van der Waals surface area contributed by atoms with Crippen LogP contribution in [0.5, 0.6) is 5.75 Å². The second kappa shape index (κ2) is 4.02. The molecule has 1 heterocycles. The topological polar surface area (TPSA) is 45.9 Å². The third-order valence-corrected chi connectivity index (χ3v) is 1.63. The van der Waals surface area contributed by atoms with E-state index < -0.39 is 23.6 Å². The number of rotatable bonds is 1. The Morgan fingerprint density at radius 3 is 2.53 bits per heavy atom. The van der Waals surface area contributed by atoms with Crippen molar-refractivity contribution in [2.75, 3.05) is 0 Å². The molecule has 0 aromatic carbocycles. The van der Waals surface area contributed by atoms with Crippen LogP contribution in [-0.4, -0.2) is 11.3 Å². The van der Waals surface area contributed by atoms with Crippen molar-refractivity contribution >= 4 is 15.9 Å². The number of hydrogen-bond acceptors (Lipinski definition) is 3. The van der Waals surface area contributed by atoms with Crippen LogP contribution in [-0.2, 0) is 0 Å². The molecule has 0 amide bonds. The molecule has 0 aliphatic carbocycles. The molecule has 1 rings (SSSR count). The van der Waals surface area contributed by atoms with Gasteiger partial charge in [-0.2, -0.15) is 5.26 Å². The molecule has 0 fully saturated rings. The van der Waals surface area contributed by atoms with E-state index >= 15 is 0 Å². The molecule has 0 radical (unpaired) electrons. The second-order valence-electron chi connectivity index (χ2n) is 2.26. The summed E-state index contributed by atoms with van der Waals surface area (Å²) in [7, 11) is 0. The monoisotopic (exact) mass is 284 g/mol. The van der Waals surface area contributed by atoms with Crippen LogP contribution < -0.4 is 4.74 Å². The zero-order chi connectivity index (χ0) is 11.6. The van der Waals surface area contributed by atoms with E-state index in [1.54, 1.807) is 0 Å². The van der Waals surface area contributed by atoms with Gasteiger partial charge in [0.2, 0.25) is 5.75 Å². The number of ether oxygens (including phenoxy) is 1. The Kier molecular flexibility index (Phi) is 3.14. The quantitative estimate of drug-likeness (QED) is 0.588. The van der Waals surface area contributed by atoms with Gasteiger partial charge in [0.15, 0.2) is 11.5 Å². The molecule has 3 nitrogen and oxygen atoms in total. The van der Waals surface area contributed by atoms with Gasteiger partial charge >= 0.3 is 6.36 Å². The Balaban J connectivity index is 3.23. The molecule has 1 aromatic heterocycles. The lowest BCUT2D eigenvalue weighted by Gasteiger charge is -2.10. The minimum Gasteiger partial charge on any atom is -0.399 e. The summed E-state index contributed by atoms with van der Waals surface area (Å²) in [4.78, 5) is 3.33. The first-order chi connectivity index (χ1) is 6.83. The molecular formula is C7HBrF4N2O. The first kappa shape index (κ1) is 11.7. The fourth-order valence-corrected chi connectivity index (χ4v) is 1.14. The summed E-state index contributed by atoms with van der Waals surface area (Å²) in [5.74, 6) is -2.54. The van der Waals surface area contributed by atoms with Gasteiger partial charge in [-0.05, 0) is 15.9 Å². The van der Waals surface area contributed by atoms with Gasteiger partial charge in [-0.25, -0.2) is 9.37 Å². The zero-order valence-corrected chi connectivity index (χ0v) is 8.36. The SMILES string of the molecule is N#Cc1nc(Br)cc(F)c1OC(F)(F)F. The van der Waals surface area contributed by atoms with Crippen LogP contribution in [0.15, 0.2) is 10.7 Å². The van der Waals surface area contributed by atoms with Gasteiger partial charge in [-0.15, -0.1) is 13.2 Å². The van der Waals surface area contributed by atoms with E-state index in [0.29, 0.717) is 6.07 Å². The third kappa shape index (κ3) is 3.06. The van der Waals surface area contributed by atoms with Crippen molar-refractivity contribution in [1.82, 2.24) is 4.98 Å². The molecule has 0 aliphatic rings. The predicted molar refractivity (Wildman–Crippen MR) is 43.3 cm³/mol. The Bertz CT molecular complexity index is 426. The van der Waals surface area contributed by atoms with Gasteiger partial charge in [0.25, 0.3) is 0 Å². The summed E-state index contributed by atoms with van der Waals surface area (Å²) in [5.41, 5.74) is -0.779. The summed E-state index contributed by atoms with van der Waals surface area (Å²) >= 11 is 2.73. The maximum Gasteiger partial charge on any atom is 0.573 e. The molecule has 0 bridgehead atoms. The van der Waals surface area contributed by atoms with Gasteiger partial charge in [0.05, 0.1) is 0 Å². The van der Waals surface area contributed by atoms with Crippen molar-refractivity contribution < 1.29 is 22.3 Å². The van der Waals surface area contributed by atoms with Crippen LogP contribution in [0.2, 0.25) is 0 Å². The minimum atomic E-state index is -5.07. The fraction of sp³-hybridized carbons (Fsp3) is 0.143. The van der Waals surface area contributed by atoms with Crippen LogP contribution in [0.1, 0.15) is 5.69 Å². The van der Waals surface area contributed by atoms with Gasteiger partial charge in [-0.1, -0.05) is 0 Å². The van der Waals surface area contributed by atoms with Gasteiger partial charge in [0.1, 0.15) is 10.7 Å². The minimum absolute atomic E-state index is 0.0916. The van der Waals surface area contributed by atoms with Crippen LogP contribution in [0.4, 0.5) is 17.6 Å². The lowest BCUT2D eigenvalue weighted by molar-refractivity contribution is -0.275. The molecular weight excluding hydrogens is 284 g/mol. The van der Waals surface area contributed by atoms with Crippen molar-refractivity contribution in [3.05, 3.63) is 22.2 Å². The van der Waals surface area contributed by atoms with E-state index in [1.807, 2.05) is 0 Å². The summed E-state index contributed by atoms with van der Waals surface area (Å²) in [6, 6.07) is 1.96. The van der Waals surface area contributed by atoms with E-state index in [4.69, 9.17) is 5.26 Å². The number of halogens is 5. The molecule has 8 heteroatoms. The largest absolute Gasteiger partial charge is 0.573 e. The Hall–Kier alpha value is -1.36. The van der Waals surface area contributed by atoms with Gasteiger partial charge in [-0.3, -0.25) is 0 Å². The van der Waals surface area contributed by atoms with Crippen LogP contribution in [0.3, 0.4) is 0 Å². The number of hydrogen-bond donors (Lipinski definition) is 0. The molecule has 15 heavy (non-hydrogen) atoms. The average Bonchev–Trinajstić information content (AvgIpc) is 2.07. The predicted octanol–water partition coefficient (Wildman–Crippen LogP) is 2.75. The Morgan fingerprint density at radius 2 is 2.07 bits per heavy atom. The average molecular weight is 285 g/mol. The first-order valence-corrected chi connectivity index (χ1v) is 4.14. The van der Waals surface area contributed by atoms with E-state index in [9.17, 15) is 17.6 Å². The standard InChI is InChI=1S/C7HBrF4N2O/c8-5-1-3(9)6(4(2-13)14-5)15-7(10,11)12/h1H. The number of nitriles is 1. The van der Waals surface area contributed by atoms with E-state index in [1.165, 1.54) is 6.07 Å². The van der Waals surface area contributed by atoms with Crippen LogP contribution >= 0.6 is 15.9 Å². The van der Waals surface area contributed by atoms with Crippen molar-refractivity contribution in [1.29, 1.82) is 5.26 Å². The molecule has 80 valence electrons.